The van der Waals surface area contributed by atoms with Crippen molar-refractivity contribution < 1.29 is 38.1 Å². The zero-order valence-corrected chi connectivity index (χ0v) is 15.4. The van der Waals surface area contributed by atoms with Gasteiger partial charge in [0.2, 0.25) is 5.91 Å². The maximum absolute atomic E-state index is 12.4. The van der Waals surface area contributed by atoms with Gasteiger partial charge >= 0.3 is 12.1 Å². The van der Waals surface area contributed by atoms with Gasteiger partial charge in [-0.3, -0.25) is 19.7 Å². The van der Waals surface area contributed by atoms with Crippen molar-refractivity contribution in [2.24, 2.45) is 5.92 Å². The lowest BCUT2D eigenvalue weighted by Gasteiger charge is -2.22. The number of hydrogen-bond donors (Lipinski definition) is 1. The summed E-state index contributed by atoms with van der Waals surface area (Å²) in [6.45, 7) is 2.32. The van der Waals surface area contributed by atoms with Crippen LogP contribution in [0.25, 0.3) is 0 Å². The number of rotatable bonds is 4. The van der Waals surface area contributed by atoms with Crippen LogP contribution in [0, 0.1) is 5.92 Å². The minimum atomic E-state index is -1.20. The van der Waals surface area contributed by atoms with Crippen molar-refractivity contribution in [3.05, 3.63) is 18.2 Å². The third-order valence-corrected chi connectivity index (χ3v) is 4.37. The second-order valence-corrected chi connectivity index (χ2v) is 6.29. The number of fused-ring (bicyclic) bond motifs is 1. The number of ether oxygens (including phenoxy) is 4. The zero-order valence-electron chi connectivity index (χ0n) is 15.4. The molecule has 1 saturated heterocycles. The Kier molecular flexibility index (Phi) is 5.67. The maximum atomic E-state index is 12.4. The molecule has 0 unspecified atom stereocenters. The van der Waals surface area contributed by atoms with E-state index in [1.54, 1.807) is 18.2 Å². The van der Waals surface area contributed by atoms with Crippen LogP contribution in [0.15, 0.2) is 18.2 Å². The summed E-state index contributed by atoms with van der Waals surface area (Å²) in [5, 5.41) is 1.92. The smallest absolute Gasteiger partial charge is 0.413 e. The summed E-state index contributed by atoms with van der Waals surface area (Å²) in [6.07, 6.45) is -2.20. The average molecular weight is 392 g/mol. The molecule has 0 aliphatic carbocycles. The van der Waals surface area contributed by atoms with E-state index in [1.807, 2.05) is 5.32 Å². The molecule has 1 N–H and O–H groups in total. The van der Waals surface area contributed by atoms with Crippen LogP contribution in [0.2, 0.25) is 0 Å². The molecular formula is C18H20N2O8. The topological polar surface area (TPSA) is 120 Å². The lowest BCUT2D eigenvalue weighted by molar-refractivity contribution is -0.158. The molecule has 150 valence electrons. The summed E-state index contributed by atoms with van der Waals surface area (Å²) in [4.78, 5) is 49.0. The standard InChI is InChI=1S/C18H20N2O8/c1-10(16(22)19-18(24)25-2)28-17(23)11-7-15(21)20(9-11)12-3-4-13-14(8-12)27-6-5-26-13/h3-4,8,10-11H,5-7,9H2,1-2H3,(H,19,22,24)/t10-,11-/m0/s1. The minimum absolute atomic E-state index is 0.0430. The normalized spacial score (nSPS) is 19.0. The van der Waals surface area contributed by atoms with Crippen LogP contribution in [0.1, 0.15) is 13.3 Å². The number of benzene rings is 1. The molecule has 0 saturated carbocycles. The second-order valence-electron chi connectivity index (χ2n) is 6.29. The molecule has 0 spiro atoms. The van der Waals surface area contributed by atoms with Crippen molar-refractivity contribution in [2.75, 3.05) is 31.8 Å². The lowest BCUT2D eigenvalue weighted by Crippen LogP contribution is -2.40. The van der Waals surface area contributed by atoms with Gasteiger partial charge in [0.05, 0.1) is 13.0 Å². The number of carbonyl (C=O) groups is 4. The number of alkyl carbamates (subject to hydrolysis) is 1. The molecule has 0 radical (unpaired) electrons. The number of amides is 3. The Hall–Kier alpha value is -3.30. The van der Waals surface area contributed by atoms with Gasteiger partial charge < -0.3 is 23.8 Å². The second kappa shape index (κ2) is 8.15. The highest BCUT2D eigenvalue weighted by atomic mass is 16.6. The van der Waals surface area contributed by atoms with Gasteiger partial charge in [-0.25, -0.2) is 4.79 Å². The van der Waals surface area contributed by atoms with E-state index in [2.05, 4.69) is 4.74 Å². The van der Waals surface area contributed by atoms with E-state index in [1.165, 1.54) is 11.8 Å². The summed E-state index contributed by atoms with van der Waals surface area (Å²) in [7, 11) is 1.11. The molecule has 1 aromatic carbocycles. The van der Waals surface area contributed by atoms with E-state index in [4.69, 9.17) is 14.2 Å². The van der Waals surface area contributed by atoms with E-state index in [-0.39, 0.29) is 18.9 Å². The van der Waals surface area contributed by atoms with Crippen LogP contribution in [0.4, 0.5) is 10.5 Å². The summed E-state index contributed by atoms with van der Waals surface area (Å²) in [5.41, 5.74) is 0.584. The van der Waals surface area contributed by atoms with Gasteiger partial charge in [0, 0.05) is 24.7 Å². The SMILES string of the molecule is COC(=O)NC(=O)[C@H](C)OC(=O)[C@H]1CC(=O)N(c2ccc3c(c2)OCCO3)C1. The Balaban J connectivity index is 1.61. The van der Waals surface area contributed by atoms with Gasteiger partial charge in [0.15, 0.2) is 17.6 Å². The van der Waals surface area contributed by atoms with Gasteiger partial charge in [-0.1, -0.05) is 0 Å². The fraction of sp³-hybridized carbons (Fsp3) is 0.444. The molecule has 0 aromatic heterocycles. The van der Waals surface area contributed by atoms with E-state index in [0.29, 0.717) is 30.4 Å². The number of methoxy groups -OCH3 is 1. The lowest BCUT2D eigenvalue weighted by atomic mass is 10.1. The Morgan fingerprint density at radius 3 is 2.64 bits per heavy atom. The number of nitrogens with one attached hydrogen (secondary N) is 1. The van der Waals surface area contributed by atoms with Crippen LogP contribution >= 0.6 is 0 Å². The van der Waals surface area contributed by atoms with Gasteiger partial charge in [0.1, 0.15) is 13.2 Å². The molecule has 1 fully saturated rings. The van der Waals surface area contributed by atoms with Gasteiger partial charge in [0.25, 0.3) is 5.91 Å². The first-order valence-electron chi connectivity index (χ1n) is 8.68. The number of anilines is 1. The molecule has 2 aliphatic rings. The molecule has 2 aliphatic heterocycles. The van der Waals surface area contributed by atoms with Crippen molar-refractivity contribution in [2.45, 2.75) is 19.4 Å². The molecule has 3 amide bonds. The number of nitrogens with zero attached hydrogens (tertiary/aromatic N) is 1. The first-order valence-corrected chi connectivity index (χ1v) is 8.68. The van der Waals surface area contributed by atoms with Gasteiger partial charge in [-0.05, 0) is 19.1 Å². The molecule has 28 heavy (non-hydrogen) atoms. The van der Waals surface area contributed by atoms with E-state index < -0.39 is 30.0 Å². The summed E-state index contributed by atoms with van der Waals surface area (Å²) in [5.74, 6) is -1.34. The van der Waals surface area contributed by atoms with Crippen LogP contribution in [-0.2, 0) is 23.9 Å². The van der Waals surface area contributed by atoms with E-state index >= 15 is 0 Å². The van der Waals surface area contributed by atoms with Crippen LogP contribution in [0.3, 0.4) is 0 Å². The zero-order chi connectivity index (χ0) is 20.3. The third-order valence-electron chi connectivity index (χ3n) is 4.37. The van der Waals surface area contributed by atoms with Crippen LogP contribution in [0.5, 0.6) is 11.5 Å². The fourth-order valence-corrected chi connectivity index (χ4v) is 2.89. The van der Waals surface area contributed by atoms with Crippen molar-refractivity contribution >= 4 is 29.6 Å². The van der Waals surface area contributed by atoms with Crippen molar-refractivity contribution in [3.63, 3.8) is 0 Å². The third kappa shape index (κ3) is 4.16. The quantitative estimate of drug-likeness (QED) is 0.741. The van der Waals surface area contributed by atoms with Crippen molar-refractivity contribution in [3.8, 4) is 11.5 Å². The molecule has 10 heteroatoms. The van der Waals surface area contributed by atoms with Crippen LogP contribution < -0.4 is 19.7 Å². The average Bonchev–Trinajstić information content (AvgIpc) is 3.09. The van der Waals surface area contributed by atoms with E-state index in [0.717, 1.165) is 7.11 Å². The first kappa shape index (κ1) is 19.5. The molecular weight excluding hydrogens is 372 g/mol. The number of hydrogen-bond acceptors (Lipinski definition) is 8. The number of esters is 1. The van der Waals surface area contributed by atoms with Crippen molar-refractivity contribution in [1.29, 1.82) is 0 Å². The molecule has 3 rings (SSSR count). The fourth-order valence-electron chi connectivity index (χ4n) is 2.89. The Morgan fingerprint density at radius 1 is 1.21 bits per heavy atom. The van der Waals surface area contributed by atoms with Crippen molar-refractivity contribution in [1.82, 2.24) is 5.32 Å². The first-order chi connectivity index (χ1) is 13.4. The van der Waals surface area contributed by atoms with Gasteiger partial charge in [-0.2, -0.15) is 0 Å². The highest BCUT2D eigenvalue weighted by molar-refractivity contribution is 6.00. The highest BCUT2D eigenvalue weighted by Crippen LogP contribution is 2.36. The largest absolute Gasteiger partial charge is 0.486 e. The summed E-state index contributed by atoms with van der Waals surface area (Å²) in [6, 6.07) is 5.11. The van der Waals surface area contributed by atoms with Gasteiger partial charge in [-0.15, -0.1) is 0 Å². The van der Waals surface area contributed by atoms with Crippen LogP contribution in [-0.4, -0.2) is 56.8 Å². The minimum Gasteiger partial charge on any atom is -0.486 e. The summed E-state index contributed by atoms with van der Waals surface area (Å²) >= 11 is 0. The monoisotopic (exact) mass is 392 g/mol. The molecule has 1 aromatic rings. The number of carbonyl (C=O) groups excluding carboxylic acids is 4. The summed E-state index contributed by atoms with van der Waals surface area (Å²) < 4.78 is 20.4. The Bertz CT molecular complexity index is 809. The van der Waals surface area contributed by atoms with E-state index in [9.17, 15) is 19.2 Å². The molecule has 2 heterocycles. The Morgan fingerprint density at radius 2 is 1.93 bits per heavy atom. The number of imide groups is 1. The molecule has 2 atom stereocenters. The Labute approximate surface area is 160 Å². The predicted molar refractivity (Wildman–Crippen MR) is 94.0 cm³/mol. The highest BCUT2D eigenvalue weighted by Gasteiger charge is 2.37. The maximum Gasteiger partial charge on any atom is 0.413 e. The molecule has 10 nitrogen and oxygen atoms in total. The molecule has 0 bridgehead atoms. The predicted octanol–water partition coefficient (Wildman–Crippen LogP) is 0.625.